The van der Waals surface area contributed by atoms with Crippen molar-refractivity contribution in [3.8, 4) is 23.7 Å². The predicted octanol–water partition coefficient (Wildman–Crippen LogP) is 6.90. The summed E-state index contributed by atoms with van der Waals surface area (Å²) in [5, 5.41) is 1.52. The Kier molecular flexibility index (Phi) is 6.16. The first-order chi connectivity index (χ1) is 15.2. The van der Waals surface area contributed by atoms with Gasteiger partial charge < -0.3 is 0 Å². The molecule has 0 unspecified atom stereocenters. The van der Waals surface area contributed by atoms with Gasteiger partial charge in [-0.05, 0) is 71.8 Å². The molecule has 0 aliphatic heterocycles. The molecule has 0 spiro atoms. The molecule has 0 aliphatic carbocycles. The molecule has 0 radical (unpaired) electrons. The fraction of sp³-hybridized carbons (Fsp3) is 0.133. The number of halogens is 1. The van der Waals surface area contributed by atoms with Crippen molar-refractivity contribution in [3.05, 3.63) is 118 Å². The van der Waals surface area contributed by atoms with Crippen LogP contribution in [0.1, 0.15) is 47.2 Å². The summed E-state index contributed by atoms with van der Waals surface area (Å²) in [5.74, 6) is 12.1. The van der Waals surface area contributed by atoms with Crippen molar-refractivity contribution in [1.29, 1.82) is 0 Å². The fourth-order valence-electron chi connectivity index (χ4n) is 3.40. The Labute approximate surface area is 183 Å². The Morgan fingerprint density at radius 3 is 1.68 bits per heavy atom. The zero-order chi connectivity index (χ0) is 21.6. The molecule has 0 atom stereocenters. The van der Waals surface area contributed by atoms with E-state index in [1.807, 2.05) is 60.7 Å². The minimum atomic E-state index is -0.260. The number of hydrogen-bond acceptors (Lipinski definition) is 0. The van der Waals surface area contributed by atoms with Gasteiger partial charge in [0.25, 0.3) is 0 Å². The Morgan fingerprint density at radius 1 is 0.581 bits per heavy atom. The first-order valence-corrected chi connectivity index (χ1v) is 10.6. The molecule has 0 aliphatic rings. The van der Waals surface area contributed by atoms with Gasteiger partial charge in [0, 0.05) is 22.1 Å². The first-order valence-electron chi connectivity index (χ1n) is 10.6. The maximum Gasteiger partial charge on any atom is 0.146 e. The van der Waals surface area contributed by atoms with Crippen LogP contribution >= 0.6 is 0 Å². The molecule has 0 fully saturated rings. The van der Waals surface area contributed by atoms with Gasteiger partial charge in [-0.3, -0.25) is 0 Å². The Balaban J connectivity index is 1.52. The number of benzene rings is 4. The van der Waals surface area contributed by atoms with E-state index in [1.165, 1.54) is 11.1 Å². The number of fused-ring (bicyclic) bond motifs is 1. The molecule has 4 rings (SSSR count). The quantitative estimate of drug-likeness (QED) is 0.320. The van der Waals surface area contributed by atoms with Crippen molar-refractivity contribution in [1.82, 2.24) is 0 Å². The summed E-state index contributed by atoms with van der Waals surface area (Å²) in [7, 11) is 0. The molecule has 0 saturated heterocycles. The van der Waals surface area contributed by atoms with Crippen LogP contribution in [0.3, 0.4) is 0 Å². The van der Waals surface area contributed by atoms with Crippen LogP contribution in [0.4, 0.5) is 4.39 Å². The standard InChI is InChI=1S/C30H23F/c1-3-22-5-7-24(8-6-22)9-10-25-11-13-26(14-12-25)15-17-27-18-19-28-21-23(4-2)16-20-29(28)30(27)31/h5-8,11-14,16,18-21H,3-4H2,1-2H3. The third-order valence-electron chi connectivity index (χ3n) is 5.37. The van der Waals surface area contributed by atoms with Crippen LogP contribution in [0.5, 0.6) is 0 Å². The van der Waals surface area contributed by atoms with Crippen LogP contribution in [-0.2, 0) is 12.8 Å². The molecule has 0 amide bonds. The van der Waals surface area contributed by atoms with E-state index in [0.29, 0.717) is 10.9 Å². The van der Waals surface area contributed by atoms with Gasteiger partial charge in [0.1, 0.15) is 5.82 Å². The van der Waals surface area contributed by atoms with Crippen molar-refractivity contribution < 1.29 is 4.39 Å². The lowest BCUT2D eigenvalue weighted by Crippen LogP contribution is -1.88. The molecule has 150 valence electrons. The van der Waals surface area contributed by atoms with Crippen LogP contribution < -0.4 is 0 Å². The van der Waals surface area contributed by atoms with Crippen molar-refractivity contribution in [2.75, 3.05) is 0 Å². The average molecular weight is 403 g/mol. The fourth-order valence-corrected chi connectivity index (χ4v) is 3.40. The lowest BCUT2D eigenvalue weighted by atomic mass is 10.0. The summed E-state index contributed by atoms with van der Waals surface area (Å²) < 4.78 is 14.9. The van der Waals surface area contributed by atoms with E-state index in [9.17, 15) is 4.39 Å². The van der Waals surface area contributed by atoms with Gasteiger partial charge in [-0.2, -0.15) is 0 Å². The molecular weight excluding hydrogens is 379 g/mol. The van der Waals surface area contributed by atoms with Gasteiger partial charge >= 0.3 is 0 Å². The van der Waals surface area contributed by atoms with Gasteiger partial charge in [0.05, 0.1) is 5.56 Å². The Bertz CT molecular complexity index is 1340. The molecule has 4 aromatic rings. The van der Waals surface area contributed by atoms with Crippen molar-refractivity contribution in [3.63, 3.8) is 0 Å². The Morgan fingerprint density at radius 2 is 1.10 bits per heavy atom. The highest BCUT2D eigenvalue weighted by atomic mass is 19.1. The minimum absolute atomic E-state index is 0.260. The van der Waals surface area contributed by atoms with E-state index >= 15 is 0 Å². The summed E-state index contributed by atoms with van der Waals surface area (Å²) in [6.45, 7) is 4.24. The van der Waals surface area contributed by atoms with Crippen LogP contribution in [0.25, 0.3) is 10.8 Å². The first kappa shape index (κ1) is 20.5. The molecule has 0 bridgehead atoms. The second-order valence-corrected chi connectivity index (χ2v) is 7.46. The molecule has 1 heteroatoms. The highest BCUT2D eigenvalue weighted by Gasteiger charge is 2.06. The molecule has 0 aromatic heterocycles. The largest absolute Gasteiger partial charge is 0.205 e. The van der Waals surface area contributed by atoms with Gasteiger partial charge in [0.15, 0.2) is 0 Å². The molecule has 31 heavy (non-hydrogen) atoms. The molecule has 0 saturated carbocycles. The minimum Gasteiger partial charge on any atom is -0.205 e. The molecular formula is C30H23F. The lowest BCUT2D eigenvalue weighted by molar-refractivity contribution is 0.636. The number of hydrogen-bond donors (Lipinski definition) is 0. The topological polar surface area (TPSA) is 0 Å². The zero-order valence-corrected chi connectivity index (χ0v) is 17.8. The van der Waals surface area contributed by atoms with E-state index in [2.05, 4.69) is 49.7 Å². The highest BCUT2D eigenvalue weighted by molar-refractivity contribution is 5.85. The zero-order valence-electron chi connectivity index (χ0n) is 17.8. The van der Waals surface area contributed by atoms with Crippen LogP contribution in [-0.4, -0.2) is 0 Å². The van der Waals surface area contributed by atoms with E-state index in [0.717, 1.165) is 34.9 Å². The Hall–Kier alpha value is -3.81. The maximum atomic E-state index is 14.9. The summed E-state index contributed by atoms with van der Waals surface area (Å²) in [5.41, 5.74) is 5.68. The van der Waals surface area contributed by atoms with E-state index in [4.69, 9.17) is 0 Å². The third-order valence-corrected chi connectivity index (χ3v) is 5.37. The summed E-state index contributed by atoms with van der Waals surface area (Å²) in [6.07, 6.45) is 1.96. The highest BCUT2D eigenvalue weighted by Crippen LogP contribution is 2.22. The van der Waals surface area contributed by atoms with Crippen LogP contribution in [0, 0.1) is 29.5 Å². The average Bonchev–Trinajstić information content (AvgIpc) is 2.83. The maximum absolute atomic E-state index is 14.9. The molecule has 0 heterocycles. The lowest BCUT2D eigenvalue weighted by Gasteiger charge is -2.04. The summed E-state index contributed by atoms with van der Waals surface area (Å²) in [6, 6.07) is 25.6. The predicted molar refractivity (Wildman–Crippen MR) is 128 cm³/mol. The van der Waals surface area contributed by atoms with Gasteiger partial charge in [0.2, 0.25) is 0 Å². The molecule has 0 nitrogen and oxygen atoms in total. The van der Waals surface area contributed by atoms with Gasteiger partial charge in [-0.15, -0.1) is 0 Å². The van der Waals surface area contributed by atoms with Crippen molar-refractivity contribution in [2.24, 2.45) is 0 Å². The molecule has 4 aromatic carbocycles. The number of aryl methyl sites for hydroxylation is 2. The summed E-state index contributed by atoms with van der Waals surface area (Å²) in [4.78, 5) is 0. The van der Waals surface area contributed by atoms with Crippen molar-refractivity contribution in [2.45, 2.75) is 26.7 Å². The monoisotopic (exact) mass is 402 g/mol. The van der Waals surface area contributed by atoms with Crippen LogP contribution in [0.15, 0.2) is 78.9 Å². The van der Waals surface area contributed by atoms with Crippen LogP contribution in [0.2, 0.25) is 0 Å². The van der Waals surface area contributed by atoms with E-state index in [1.54, 1.807) is 6.07 Å². The second-order valence-electron chi connectivity index (χ2n) is 7.46. The van der Waals surface area contributed by atoms with Gasteiger partial charge in [-0.25, -0.2) is 4.39 Å². The van der Waals surface area contributed by atoms with Crippen molar-refractivity contribution >= 4 is 10.8 Å². The normalized spacial score (nSPS) is 10.2. The third kappa shape index (κ3) is 4.85. The molecule has 0 N–H and O–H groups in total. The SMILES string of the molecule is CCc1ccc(C#Cc2ccc(C#Cc3ccc4cc(CC)ccc4c3F)cc2)cc1. The van der Waals surface area contributed by atoms with Gasteiger partial charge in [-0.1, -0.05) is 73.9 Å². The second kappa shape index (κ2) is 9.34. The van der Waals surface area contributed by atoms with E-state index in [-0.39, 0.29) is 5.82 Å². The smallest absolute Gasteiger partial charge is 0.146 e. The number of rotatable bonds is 2. The van der Waals surface area contributed by atoms with E-state index < -0.39 is 0 Å². The summed E-state index contributed by atoms with van der Waals surface area (Å²) >= 11 is 0.